The fraction of sp³-hybridized carbons (Fsp3) is 0.0345. The number of hydrogen-bond acceptors (Lipinski definition) is 1. The van der Waals surface area contributed by atoms with Crippen LogP contribution in [0.4, 0.5) is 0 Å². The smallest absolute Gasteiger partial charge is 0.0713 e. The number of nitrogens with two attached hydrogens (primary N) is 1. The molecular weight excluding hydrogens is 725 g/mol. The Bertz CT molecular complexity index is 3300. The molecule has 2 aliphatic carbocycles. The number of nitrogens with zero attached hydrogens (tertiary/aromatic N) is 1. The molecule has 2 aliphatic rings. The van der Waals surface area contributed by atoms with Crippen molar-refractivity contribution in [1.29, 1.82) is 0 Å². The van der Waals surface area contributed by atoms with Gasteiger partial charge < -0.3 is 10.3 Å². The van der Waals surface area contributed by atoms with E-state index in [1.54, 1.807) is 6.20 Å². The van der Waals surface area contributed by atoms with Crippen LogP contribution in [0.15, 0.2) is 219 Å². The highest BCUT2D eigenvalue weighted by molar-refractivity contribution is 6.11. The van der Waals surface area contributed by atoms with Crippen molar-refractivity contribution in [2.24, 2.45) is 5.73 Å². The molecule has 1 heterocycles. The van der Waals surface area contributed by atoms with E-state index >= 15 is 0 Å². The molecule has 2 heteroatoms. The Balaban J connectivity index is 1.04. The minimum Gasteiger partial charge on any atom is -0.404 e. The van der Waals surface area contributed by atoms with Crippen LogP contribution >= 0.6 is 0 Å². The van der Waals surface area contributed by atoms with Gasteiger partial charge in [-0.2, -0.15) is 0 Å². The van der Waals surface area contributed by atoms with Crippen LogP contribution in [-0.4, -0.2) is 4.57 Å². The SMILES string of the molecule is N/C=C1/c2ccccc2-c2cccc(Cc3ccc4c(c3)c3cc(-c5ccc6c(c5)C(c5ccccc5)(c5ccccc5)c5ccccc5-6)ccc3n4-c3ccccc3)c21. The van der Waals surface area contributed by atoms with E-state index in [2.05, 4.69) is 217 Å². The van der Waals surface area contributed by atoms with Crippen molar-refractivity contribution in [3.8, 4) is 39.1 Å². The molecule has 2 N–H and O–H groups in total. The Kier molecular flexibility index (Phi) is 7.70. The van der Waals surface area contributed by atoms with Gasteiger partial charge in [0.2, 0.25) is 0 Å². The van der Waals surface area contributed by atoms with E-state index in [1.807, 2.05) is 0 Å². The summed E-state index contributed by atoms with van der Waals surface area (Å²) in [5, 5.41) is 2.48. The van der Waals surface area contributed by atoms with E-state index in [9.17, 15) is 0 Å². The Morgan fingerprint density at radius 2 is 1.00 bits per heavy atom. The van der Waals surface area contributed by atoms with Gasteiger partial charge in [-0.25, -0.2) is 0 Å². The second kappa shape index (κ2) is 13.4. The number of benzene rings is 9. The molecule has 0 fully saturated rings. The first-order valence-corrected chi connectivity index (χ1v) is 20.8. The summed E-state index contributed by atoms with van der Waals surface area (Å²) in [6.45, 7) is 0. The first-order valence-electron chi connectivity index (χ1n) is 20.8. The van der Waals surface area contributed by atoms with E-state index in [0.29, 0.717) is 0 Å². The third-order valence-corrected chi connectivity index (χ3v) is 13.1. The van der Waals surface area contributed by atoms with Crippen molar-refractivity contribution in [2.45, 2.75) is 11.8 Å². The Morgan fingerprint density at radius 1 is 0.433 bits per heavy atom. The lowest BCUT2D eigenvalue weighted by Crippen LogP contribution is -2.28. The highest BCUT2D eigenvalue weighted by atomic mass is 15.0. The predicted octanol–water partition coefficient (Wildman–Crippen LogP) is 13.7. The van der Waals surface area contributed by atoms with Gasteiger partial charge in [-0.3, -0.25) is 0 Å². The second-order valence-electron chi connectivity index (χ2n) is 16.2. The van der Waals surface area contributed by atoms with E-state index in [-0.39, 0.29) is 0 Å². The summed E-state index contributed by atoms with van der Waals surface area (Å²) < 4.78 is 2.42. The zero-order valence-electron chi connectivity index (χ0n) is 33.0. The van der Waals surface area contributed by atoms with Gasteiger partial charge in [0.25, 0.3) is 0 Å². The summed E-state index contributed by atoms with van der Waals surface area (Å²) in [6.07, 6.45) is 2.59. The van der Waals surface area contributed by atoms with Crippen LogP contribution in [0.3, 0.4) is 0 Å². The van der Waals surface area contributed by atoms with Crippen molar-refractivity contribution in [2.75, 3.05) is 0 Å². The molecule has 2 nitrogen and oxygen atoms in total. The van der Waals surface area contributed by atoms with Crippen LogP contribution < -0.4 is 5.73 Å². The zero-order chi connectivity index (χ0) is 39.8. The highest BCUT2D eigenvalue weighted by Gasteiger charge is 2.46. The molecule has 12 rings (SSSR count). The number of fused-ring (bicyclic) bond motifs is 9. The lowest BCUT2D eigenvalue weighted by Gasteiger charge is -2.34. The van der Waals surface area contributed by atoms with Crippen molar-refractivity contribution >= 4 is 27.4 Å². The number of rotatable bonds is 6. The number of aromatic nitrogens is 1. The highest BCUT2D eigenvalue weighted by Crippen LogP contribution is 2.57. The molecule has 0 saturated heterocycles. The molecule has 0 radical (unpaired) electrons. The Morgan fingerprint density at radius 3 is 1.73 bits per heavy atom. The third kappa shape index (κ3) is 4.95. The van der Waals surface area contributed by atoms with E-state index in [4.69, 9.17) is 5.73 Å². The fourth-order valence-corrected chi connectivity index (χ4v) is 10.6. The molecule has 9 aromatic carbocycles. The molecule has 0 bridgehead atoms. The molecule has 0 unspecified atom stereocenters. The molecule has 0 aliphatic heterocycles. The van der Waals surface area contributed by atoms with Crippen LogP contribution in [0.1, 0.15) is 44.5 Å². The Hall–Kier alpha value is -7.68. The average Bonchev–Trinajstić information content (AvgIpc) is 3.93. The summed E-state index contributed by atoms with van der Waals surface area (Å²) in [6, 6.07) is 78.4. The number of para-hydroxylation sites is 1. The molecule has 60 heavy (non-hydrogen) atoms. The lowest BCUT2D eigenvalue weighted by atomic mass is 9.67. The topological polar surface area (TPSA) is 30.9 Å². The molecule has 1 aromatic heterocycles. The maximum absolute atomic E-state index is 6.34. The third-order valence-electron chi connectivity index (χ3n) is 13.1. The maximum atomic E-state index is 6.34. The summed E-state index contributed by atoms with van der Waals surface area (Å²) in [4.78, 5) is 0. The second-order valence-corrected chi connectivity index (χ2v) is 16.2. The number of hydrogen-bond donors (Lipinski definition) is 1. The summed E-state index contributed by atoms with van der Waals surface area (Å²) in [5.74, 6) is 0. The normalized spacial score (nSPS) is 14.0. The molecule has 0 amide bonds. The lowest BCUT2D eigenvalue weighted by molar-refractivity contribution is 0.769. The van der Waals surface area contributed by atoms with Gasteiger partial charge in [0.05, 0.1) is 16.4 Å². The zero-order valence-corrected chi connectivity index (χ0v) is 33.0. The van der Waals surface area contributed by atoms with Crippen LogP contribution in [0.5, 0.6) is 0 Å². The largest absolute Gasteiger partial charge is 0.404 e. The van der Waals surface area contributed by atoms with E-state index in [0.717, 1.165) is 17.7 Å². The first kappa shape index (κ1) is 34.4. The summed E-state index contributed by atoms with van der Waals surface area (Å²) in [7, 11) is 0. The quantitative estimate of drug-likeness (QED) is 0.180. The molecule has 0 spiro atoms. The maximum Gasteiger partial charge on any atom is 0.0713 e. The summed E-state index contributed by atoms with van der Waals surface area (Å²) in [5.41, 5.74) is 28.2. The molecule has 0 atom stereocenters. The minimum absolute atomic E-state index is 0.454. The van der Waals surface area contributed by atoms with Gasteiger partial charge >= 0.3 is 0 Å². The van der Waals surface area contributed by atoms with Crippen molar-refractivity contribution in [3.63, 3.8) is 0 Å². The van der Waals surface area contributed by atoms with E-state index in [1.165, 1.54) is 99.7 Å². The van der Waals surface area contributed by atoms with Crippen LogP contribution in [0.25, 0.3) is 66.4 Å². The average molecular weight is 765 g/mol. The van der Waals surface area contributed by atoms with Crippen molar-refractivity contribution < 1.29 is 0 Å². The first-order chi connectivity index (χ1) is 29.7. The van der Waals surface area contributed by atoms with Crippen LogP contribution in [0.2, 0.25) is 0 Å². The van der Waals surface area contributed by atoms with Gasteiger partial charge in [-0.15, -0.1) is 0 Å². The monoisotopic (exact) mass is 764 g/mol. The van der Waals surface area contributed by atoms with Crippen molar-refractivity contribution in [3.05, 3.63) is 263 Å². The van der Waals surface area contributed by atoms with Gasteiger partial charge in [-0.1, -0.05) is 170 Å². The summed E-state index contributed by atoms with van der Waals surface area (Å²) >= 11 is 0. The van der Waals surface area contributed by atoms with Gasteiger partial charge in [0.15, 0.2) is 0 Å². The van der Waals surface area contributed by atoms with E-state index < -0.39 is 5.41 Å². The van der Waals surface area contributed by atoms with Crippen LogP contribution in [0, 0.1) is 0 Å². The molecule has 282 valence electrons. The standard InChI is InChI=1S/C58H40N2/c59-37-52-46-23-11-10-22-45(46)49-25-14-15-41(57(49)52)33-38-27-31-55-50(34-38)51-35-39(29-32-56(51)60(55)44-20-8-3-9-21-44)40-28-30-48-47-24-12-13-26-53(47)58(54(48)36-40,42-16-4-1-5-17-42)43-18-6-2-7-19-43/h1-32,34-37H,33,59H2/b52-37-. The van der Waals surface area contributed by atoms with Gasteiger partial charge in [0, 0.05) is 28.2 Å². The van der Waals surface area contributed by atoms with Crippen LogP contribution in [-0.2, 0) is 11.8 Å². The van der Waals surface area contributed by atoms with Gasteiger partial charge in [0.1, 0.15) is 0 Å². The molecular formula is C58H40N2. The predicted molar refractivity (Wildman–Crippen MR) is 249 cm³/mol. The minimum atomic E-state index is -0.454. The van der Waals surface area contributed by atoms with Gasteiger partial charge in [-0.05, 0) is 127 Å². The van der Waals surface area contributed by atoms with Crippen molar-refractivity contribution in [1.82, 2.24) is 4.57 Å². The molecule has 0 saturated carbocycles. The fourth-order valence-electron chi connectivity index (χ4n) is 10.6. The Labute approximate surface area is 350 Å². The molecule has 10 aromatic rings.